The zero-order chi connectivity index (χ0) is 7.84. The van der Waals surface area contributed by atoms with Crippen molar-refractivity contribution in [3.63, 3.8) is 0 Å². The van der Waals surface area contributed by atoms with Crippen molar-refractivity contribution in [3.05, 3.63) is 0 Å². The Morgan fingerprint density at radius 1 is 1.55 bits per heavy atom. The first kappa shape index (κ1) is 7.12. The number of fused-ring (bicyclic) bond motifs is 2. The molecule has 2 saturated heterocycles. The van der Waals surface area contributed by atoms with Gasteiger partial charge >= 0.3 is 0 Å². The number of nitriles is 1. The molecule has 2 aliphatic heterocycles. The Labute approximate surface area is 67.2 Å². The van der Waals surface area contributed by atoms with Crippen LogP contribution in [0.15, 0.2) is 0 Å². The first-order chi connectivity index (χ1) is 5.31. The lowest BCUT2D eigenvalue weighted by molar-refractivity contribution is 0.0877. The normalized spacial score (nSPS) is 43.8. The van der Waals surface area contributed by atoms with E-state index in [0.29, 0.717) is 18.1 Å². The molecule has 0 aromatic heterocycles. The topological polar surface area (TPSA) is 33.0 Å². The highest BCUT2D eigenvalue weighted by molar-refractivity contribution is 4.97. The van der Waals surface area contributed by atoms with Gasteiger partial charge in [0.15, 0.2) is 0 Å². The molecule has 2 rings (SSSR count). The summed E-state index contributed by atoms with van der Waals surface area (Å²) in [5.41, 5.74) is 0. The highest BCUT2D eigenvalue weighted by Crippen LogP contribution is 2.41. The van der Waals surface area contributed by atoms with Crippen LogP contribution in [0.25, 0.3) is 0 Å². The van der Waals surface area contributed by atoms with Gasteiger partial charge < -0.3 is 4.74 Å². The maximum Gasteiger partial charge on any atom is 0.0656 e. The lowest BCUT2D eigenvalue weighted by Crippen LogP contribution is -2.22. The smallest absolute Gasteiger partial charge is 0.0656 e. The van der Waals surface area contributed by atoms with Crippen LogP contribution in [0, 0.1) is 23.2 Å². The van der Waals surface area contributed by atoms with Crippen LogP contribution in [0.2, 0.25) is 0 Å². The number of nitrogens with zero attached hydrogens (tertiary/aromatic N) is 1. The summed E-state index contributed by atoms with van der Waals surface area (Å²) in [7, 11) is 0. The number of hydrogen-bond acceptors (Lipinski definition) is 2. The lowest BCUT2D eigenvalue weighted by atomic mass is 9.81. The van der Waals surface area contributed by atoms with Gasteiger partial charge in [0.05, 0.1) is 18.3 Å². The average molecular weight is 151 g/mol. The van der Waals surface area contributed by atoms with Crippen LogP contribution in [0.4, 0.5) is 0 Å². The number of rotatable bonds is 1. The molecule has 0 radical (unpaired) electrons. The molecule has 60 valence electrons. The molecule has 2 heterocycles. The summed E-state index contributed by atoms with van der Waals surface area (Å²) >= 11 is 0. The fourth-order valence-corrected chi connectivity index (χ4v) is 2.30. The molecule has 0 aliphatic carbocycles. The first-order valence-electron chi connectivity index (χ1n) is 4.36. The van der Waals surface area contributed by atoms with Gasteiger partial charge in [0, 0.05) is 11.8 Å². The zero-order valence-electron chi connectivity index (χ0n) is 6.79. The monoisotopic (exact) mass is 151 g/mol. The third kappa shape index (κ3) is 1.04. The standard InChI is InChI=1S/C9H13NO/c1-6(5-10)8-4-7-2-3-9(8)11-7/h6-9H,2-4H2,1H3. The van der Waals surface area contributed by atoms with E-state index >= 15 is 0 Å². The maximum absolute atomic E-state index is 8.72. The minimum atomic E-state index is 0.185. The summed E-state index contributed by atoms with van der Waals surface area (Å²) < 4.78 is 5.66. The number of hydrogen-bond donors (Lipinski definition) is 0. The van der Waals surface area contributed by atoms with E-state index in [-0.39, 0.29) is 5.92 Å². The predicted octanol–water partition coefficient (Wildman–Crippen LogP) is 1.71. The Kier molecular flexibility index (Phi) is 1.61. The minimum absolute atomic E-state index is 0.185. The summed E-state index contributed by atoms with van der Waals surface area (Å²) in [6.07, 6.45) is 4.43. The average Bonchev–Trinajstić information content (AvgIpc) is 2.62. The van der Waals surface area contributed by atoms with Crippen LogP contribution in [0.1, 0.15) is 26.2 Å². The van der Waals surface area contributed by atoms with Gasteiger partial charge in [-0.3, -0.25) is 0 Å². The third-order valence-corrected chi connectivity index (χ3v) is 3.00. The van der Waals surface area contributed by atoms with E-state index in [0.717, 1.165) is 6.42 Å². The highest BCUT2D eigenvalue weighted by atomic mass is 16.5. The molecule has 2 bridgehead atoms. The van der Waals surface area contributed by atoms with Gasteiger partial charge in [0.1, 0.15) is 0 Å². The first-order valence-corrected chi connectivity index (χ1v) is 4.36. The summed E-state index contributed by atoms with van der Waals surface area (Å²) in [6, 6.07) is 2.31. The SMILES string of the molecule is CC(C#N)C1CC2CCC1O2. The van der Waals surface area contributed by atoms with Gasteiger partial charge in [-0.05, 0) is 26.2 Å². The molecule has 0 saturated carbocycles. The van der Waals surface area contributed by atoms with Gasteiger partial charge in [-0.1, -0.05) is 0 Å². The van der Waals surface area contributed by atoms with Crippen LogP contribution >= 0.6 is 0 Å². The summed E-state index contributed by atoms with van der Waals surface area (Å²) in [4.78, 5) is 0. The Bertz CT molecular complexity index is 196. The summed E-state index contributed by atoms with van der Waals surface area (Å²) in [5.74, 6) is 0.712. The van der Waals surface area contributed by atoms with Gasteiger partial charge in [-0.15, -0.1) is 0 Å². The molecule has 11 heavy (non-hydrogen) atoms. The van der Waals surface area contributed by atoms with Crippen molar-refractivity contribution in [2.75, 3.05) is 0 Å². The molecule has 0 amide bonds. The maximum atomic E-state index is 8.72. The van der Waals surface area contributed by atoms with E-state index in [1.807, 2.05) is 6.92 Å². The Morgan fingerprint density at radius 3 is 2.82 bits per heavy atom. The van der Waals surface area contributed by atoms with E-state index in [1.165, 1.54) is 12.8 Å². The van der Waals surface area contributed by atoms with Gasteiger partial charge in [0.25, 0.3) is 0 Å². The minimum Gasteiger partial charge on any atom is -0.375 e. The van der Waals surface area contributed by atoms with Crippen LogP contribution in [0.3, 0.4) is 0 Å². The molecule has 4 atom stereocenters. The molecule has 0 spiro atoms. The fourth-order valence-electron chi connectivity index (χ4n) is 2.30. The molecule has 2 aliphatic rings. The zero-order valence-corrected chi connectivity index (χ0v) is 6.79. The molecular weight excluding hydrogens is 138 g/mol. The van der Waals surface area contributed by atoms with Crippen molar-refractivity contribution < 1.29 is 4.74 Å². The van der Waals surface area contributed by atoms with Crippen molar-refractivity contribution in [2.45, 2.75) is 38.4 Å². The molecule has 2 nitrogen and oxygen atoms in total. The van der Waals surface area contributed by atoms with Gasteiger partial charge in [-0.25, -0.2) is 0 Å². The van der Waals surface area contributed by atoms with Crippen molar-refractivity contribution in [1.29, 1.82) is 5.26 Å². The van der Waals surface area contributed by atoms with Gasteiger partial charge in [0.2, 0.25) is 0 Å². The molecule has 0 aromatic rings. The summed E-state index contributed by atoms with van der Waals surface area (Å²) in [6.45, 7) is 2.01. The quantitative estimate of drug-likeness (QED) is 0.571. The Morgan fingerprint density at radius 2 is 2.36 bits per heavy atom. The summed E-state index contributed by atoms with van der Waals surface area (Å²) in [5, 5.41) is 8.72. The molecule has 0 N–H and O–H groups in total. The van der Waals surface area contributed by atoms with Crippen LogP contribution in [-0.4, -0.2) is 12.2 Å². The third-order valence-electron chi connectivity index (χ3n) is 3.00. The fraction of sp³-hybridized carbons (Fsp3) is 0.889. The van der Waals surface area contributed by atoms with Gasteiger partial charge in [-0.2, -0.15) is 5.26 Å². The molecule has 0 aromatic carbocycles. The van der Waals surface area contributed by atoms with E-state index in [9.17, 15) is 0 Å². The second kappa shape index (κ2) is 2.49. The molecule has 2 fully saturated rings. The van der Waals surface area contributed by atoms with Crippen molar-refractivity contribution >= 4 is 0 Å². The lowest BCUT2D eigenvalue weighted by Gasteiger charge is -2.19. The highest BCUT2D eigenvalue weighted by Gasteiger charge is 2.42. The van der Waals surface area contributed by atoms with Crippen molar-refractivity contribution in [2.24, 2.45) is 11.8 Å². The van der Waals surface area contributed by atoms with Crippen LogP contribution < -0.4 is 0 Å². The van der Waals surface area contributed by atoms with Crippen molar-refractivity contribution in [1.82, 2.24) is 0 Å². The van der Waals surface area contributed by atoms with E-state index in [4.69, 9.17) is 10.00 Å². The Balaban J connectivity index is 2.03. The molecule has 4 unspecified atom stereocenters. The number of ether oxygens (including phenoxy) is 1. The van der Waals surface area contributed by atoms with E-state index in [2.05, 4.69) is 6.07 Å². The van der Waals surface area contributed by atoms with Crippen LogP contribution in [-0.2, 0) is 4.74 Å². The van der Waals surface area contributed by atoms with Crippen LogP contribution in [0.5, 0.6) is 0 Å². The van der Waals surface area contributed by atoms with Crippen molar-refractivity contribution in [3.8, 4) is 6.07 Å². The molecule has 2 heteroatoms. The second-order valence-electron chi connectivity index (χ2n) is 3.69. The molecular formula is C9H13NO. The largest absolute Gasteiger partial charge is 0.375 e. The Hall–Kier alpha value is -0.550. The predicted molar refractivity (Wildman–Crippen MR) is 40.8 cm³/mol. The van der Waals surface area contributed by atoms with E-state index in [1.54, 1.807) is 0 Å². The van der Waals surface area contributed by atoms with E-state index < -0.39 is 0 Å². The second-order valence-corrected chi connectivity index (χ2v) is 3.69.